The first-order valence-electron chi connectivity index (χ1n) is 8.87. The number of H-pyrrole nitrogens is 1. The fourth-order valence-electron chi connectivity index (χ4n) is 3.32. The first kappa shape index (κ1) is 16.7. The van der Waals surface area contributed by atoms with Crippen LogP contribution in [0.5, 0.6) is 0 Å². The number of aryl methyl sites for hydroxylation is 1. The highest BCUT2D eigenvalue weighted by molar-refractivity contribution is 5.81. The summed E-state index contributed by atoms with van der Waals surface area (Å²) in [4.78, 5) is 22.2. The lowest BCUT2D eigenvalue weighted by atomic mass is 10.0. The van der Waals surface area contributed by atoms with Gasteiger partial charge in [0, 0.05) is 31.9 Å². The molecule has 1 atom stereocenters. The molecule has 1 fully saturated rings. The summed E-state index contributed by atoms with van der Waals surface area (Å²) in [6.45, 7) is 2.56. The zero-order valence-corrected chi connectivity index (χ0v) is 14.1. The van der Waals surface area contributed by atoms with E-state index < -0.39 is 0 Å². The molecule has 1 amide bonds. The number of piperidine rings is 1. The Labute approximate surface area is 143 Å². The maximum absolute atomic E-state index is 12.6. The van der Waals surface area contributed by atoms with E-state index in [2.05, 4.69) is 44.5 Å². The van der Waals surface area contributed by atoms with Gasteiger partial charge in [0.15, 0.2) is 0 Å². The van der Waals surface area contributed by atoms with Crippen molar-refractivity contribution in [2.75, 3.05) is 13.1 Å². The third kappa shape index (κ3) is 4.68. The lowest BCUT2D eigenvalue weighted by molar-refractivity contribution is -0.127. The summed E-state index contributed by atoms with van der Waals surface area (Å²) >= 11 is 0. The number of carbonyl (C=O) groups excluding carboxylic acids is 1. The third-order valence-corrected chi connectivity index (χ3v) is 4.59. The Morgan fingerprint density at radius 2 is 2.17 bits per heavy atom. The van der Waals surface area contributed by atoms with Crippen LogP contribution < -0.4 is 5.32 Å². The van der Waals surface area contributed by atoms with Gasteiger partial charge >= 0.3 is 0 Å². The second-order valence-electron chi connectivity index (χ2n) is 6.40. The number of likely N-dealkylation sites (tertiary alicyclic amines) is 1. The van der Waals surface area contributed by atoms with E-state index in [1.165, 1.54) is 12.0 Å². The van der Waals surface area contributed by atoms with E-state index in [0.29, 0.717) is 6.54 Å². The maximum atomic E-state index is 12.6. The number of aromatic amines is 1. The highest BCUT2D eigenvalue weighted by atomic mass is 16.2. The minimum Gasteiger partial charge on any atom is -0.355 e. The van der Waals surface area contributed by atoms with Crippen LogP contribution in [-0.4, -0.2) is 39.9 Å². The summed E-state index contributed by atoms with van der Waals surface area (Å²) in [5.41, 5.74) is 1.27. The molecule has 1 aromatic carbocycles. The summed E-state index contributed by atoms with van der Waals surface area (Å²) < 4.78 is 0. The van der Waals surface area contributed by atoms with Crippen molar-refractivity contribution < 1.29 is 4.79 Å². The van der Waals surface area contributed by atoms with Crippen molar-refractivity contribution in [3.63, 3.8) is 0 Å². The molecular formula is C19H26N4O. The Morgan fingerprint density at radius 1 is 1.29 bits per heavy atom. The number of nitrogens with one attached hydrogen (secondary N) is 2. The van der Waals surface area contributed by atoms with Gasteiger partial charge in [-0.15, -0.1) is 0 Å². The molecule has 3 rings (SSSR count). The van der Waals surface area contributed by atoms with Gasteiger partial charge in [-0.1, -0.05) is 36.8 Å². The van der Waals surface area contributed by atoms with Gasteiger partial charge in [-0.3, -0.25) is 9.69 Å². The van der Waals surface area contributed by atoms with E-state index in [4.69, 9.17) is 0 Å². The number of benzene rings is 1. The number of amides is 1. The van der Waals surface area contributed by atoms with Gasteiger partial charge in [0.05, 0.1) is 6.04 Å². The van der Waals surface area contributed by atoms with Gasteiger partial charge in [-0.05, 0) is 31.4 Å². The van der Waals surface area contributed by atoms with Crippen LogP contribution in [0.1, 0.15) is 37.1 Å². The number of nitrogens with zero attached hydrogens (tertiary/aromatic N) is 2. The standard InChI is InChI=1S/C19H26N4O/c24-19(22-11-6-10-18-20-12-13-21-18)17-9-4-5-14-23(17)15-16-7-2-1-3-8-16/h1-3,7-8,12-13,17H,4-6,9-11,14-15H2,(H,20,21)(H,22,24). The SMILES string of the molecule is O=C(NCCCc1ncc[nH]1)C1CCCCN1Cc1ccccc1. The Hall–Kier alpha value is -2.14. The van der Waals surface area contributed by atoms with E-state index in [1.807, 2.05) is 12.3 Å². The van der Waals surface area contributed by atoms with Gasteiger partial charge in [0.1, 0.15) is 5.82 Å². The van der Waals surface area contributed by atoms with Crippen molar-refractivity contribution in [3.8, 4) is 0 Å². The largest absolute Gasteiger partial charge is 0.355 e. The number of carbonyl (C=O) groups is 1. The lowest BCUT2D eigenvalue weighted by Gasteiger charge is -2.34. The number of hydrogen-bond acceptors (Lipinski definition) is 3. The predicted molar refractivity (Wildman–Crippen MR) is 94.4 cm³/mol. The Bertz CT molecular complexity index is 612. The van der Waals surface area contributed by atoms with Gasteiger partial charge in [0.25, 0.3) is 0 Å². The van der Waals surface area contributed by atoms with E-state index >= 15 is 0 Å². The van der Waals surface area contributed by atoms with E-state index in [0.717, 1.165) is 44.6 Å². The molecule has 1 unspecified atom stereocenters. The first-order valence-corrected chi connectivity index (χ1v) is 8.87. The number of aromatic nitrogens is 2. The minimum absolute atomic E-state index is 0.00238. The molecule has 0 aliphatic carbocycles. The van der Waals surface area contributed by atoms with Gasteiger partial charge in [0.2, 0.25) is 5.91 Å². The normalized spacial score (nSPS) is 18.4. The van der Waals surface area contributed by atoms with Crippen LogP contribution in [0.15, 0.2) is 42.7 Å². The maximum Gasteiger partial charge on any atom is 0.237 e. The van der Waals surface area contributed by atoms with Crippen LogP contribution in [0.25, 0.3) is 0 Å². The lowest BCUT2D eigenvalue weighted by Crippen LogP contribution is -2.49. The molecule has 0 saturated carbocycles. The second-order valence-corrected chi connectivity index (χ2v) is 6.40. The topological polar surface area (TPSA) is 61.0 Å². The first-order chi connectivity index (χ1) is 11.8. The molecule has 1 aromatic heterocycles. The summed E-state index contributed by atoms with van der Waals surface area (Å²) in [5, 5.41) is 3.11. The molecule has 2 heterocycles. The highest BCUT2D eigenvalue weighted by Crippen LogP contribution is 2.19. The van der Waals surface area contributed by atoms with Crippen molar-refractivity contribution in [2.45, 2.75) is 44.7 Å². The smallest absolute Gasteiger partial charge is 0.237 e. The van der Waals surface area contributed by atoms with Crippen LogP contribution in [0, 0.1) is 0 Å². The molecule has 1 saturated heterocycles. The molecule has 2 N–H and O–H groups in total. The van der Waals surface area contributed by atoms with Crippen LogP contribution in [0.3, 0.4) is 0 Å². The molecular weight excluding hydrogens is 300 g/mol. The fourth-order valence-corrected chi connectivity index (χ4v) is 3.32. The Morgan fingerprint density at radius 3 is 2.96 bits per heavy atom. The van der Waals surface area contributed by atoms with Crippen molar-refractivity contribution in [1.82, 2.24) is 20.2 Å². The Kier molecular flexibility index (Phi) is 6.01. The quantitative estimate of drug-likeness (QED) is 0.769. The molecule has 1 aliphatic heterocycles. The molecule has 0 radical (unpaired) electrons. The van der Waals surface area contributed by atoms with Crippen molar-refractivity contribution in [3.05, 3.63) is 54.1 Å². The molecule has 128 valence electrons. The number of hydrogen-bond donors (Lipinski definition) is 2. The summed E-state index contributed by atoms with van der Waals surface area (Å²) in [6.07, 6.45) is 8.63. The van der Waals surface area contributed by atoms with Crippen molar-refractivity contribution in [2.24, 2.45) is 0 Å². The number of rotatable bonds is 7. The van der Waals surface area contributed by atoms with Crippen LogP contribution in [0.2, 0.25) is 0 Å². The summed E-state index contributed by atoms with van der Waals surface area (Å²) in [6, 6.07) is 10.4. The van der Waals surface area contributed by atoms with Crippen LogP contribution in [0.4, 0.5) is 0 Å². The average molecular weight is 326 g/mol. The molecule has 1 aliphatic rings. The Balaban J connectivity index is 1.47. The molecule has 2 aromatic rings. The third-order valence-electron chi connectivity index (χ3n) is 4.59. The van der Waals surface area contributed by atoms with Gasteiger partial charge in [-0.2, -0.15) is 0 Å². The summed E-state index contributed by atoms with van der Waals surface area (Å²) in [5.74, 6) is 1.15. The zero-order chi connectivity index (χ0) is 16.6. The van der Waals surface area contributed by atoms with Crippen molar-refractivity contribution in [1.29, 1.82) is 0 Å². The van der Waals surface area contributed by atoms with E-state index in [9.17, 15) is 4.79 Å². The van der Waals surface area contributed by atoms with Crippen molar-refractivity contribution >= 4 is 5.91 Å². The monoisotopic (exact) mass is 326 g/mol. The van der Waals surface area contributed by atoms with Crippen LogP contribution in [-0.2, 0) is 17.8 Å². The highest BCUT2D eigenvalue weighted by Gasteiger charge is 2.28. The zero-order valence-electron chi connectivity index (χ0n) is 14.1. The molecule has 24 heavy (non-hydrogen) atoms. The predicted octanol–water partition coefficient (Wildman–Crippen LogP) is 2.51. The number of imidazole rings is 1. The minimum atomic E-state index is 0.00238. The van der Waals surface area contributed by atoms with Crippen LogP contribution >= 0.6 is 0 Å². The fraction of sp³-hybridized carbons (Fsp3) is 0.474. The van der Waals surface area contributed by atoms with E-state index in [-0.39, 0.29) is 11.9 Å². The summed E-state index contributed by atoms with van der Waals surface area (Å²) in [7, 11) is 0. The van der Waals surface area contributed by atoms with Gasteiger partial charge < -0.3 is 10.3 Å². The van der Waals surface area contributed by atoms with E-state index in [1.54, 1.807) is 6.20 Å². The molecule has 0 bridgehead atoms. The molecule has 0 spiro atoms. The molecule has 5 heteroatoms. The average Bonchev–Trinajstić information content (AvgIpc) is 3.13. The molecule has 5 nitrogen and oxygen atoms in total. The second kappa shape index (κ2) is 8.64. The van der Waals surface area contributed by atoms with Gasteiger partial charge in [-0.25, -0.2) is 4.98 Å².